The van der Waals surface area contributed by atoms with Gasteiger partial charge in [0.15, 0.2) is 6.61 Å². The number of nitrogens with one attached hydrogen (secondary N) is 1. The van der Waals surface area contributed by atoms with E-state index in [1.54, 1.807) is 0 Å². The predicted molar refractivity (Wildman–Crippen MR) is 127 cm³/mol. The van der Waals surface area contributed by atoms with Gasteiger partial charge in [-0.1, -0.05) is 41.4 Å². The Morgan fingerprint density at radius 2 is 1.94 bits per heavy atom. The highest BCUT2D eigenvalue weighted by Crippen LogP contribution is 2.26. The van der Waals surface area contributed by atoms with Crippen molar-refractivity contribution in [3.8, 4) is 11.8 Å². The smallest absolute Gasteiger partial charge is 0.236 e. The van der Waals surface area contributed by atoms with Crippen LogP contribution in [0.25, 0.3) is 0 Å². The van der Waals surface area contributed by atoms with Crippen molar-refractivity contribution in [2.45, 2.75) is 26.5 Å². The van der Waals surface area contributed by atoms with Gasteiger partial charge in [0.2, 0.25) is 17.5 Å². The van der Waals surface area contributed by atoms with Crippen LogP contribution in [0, 0.1) is 25.2 Å². The number of benzene rings is 2. The molecule has 1 saturated heterocycles. The summed E-state index contributed by atoms with van der Waals surface area (Å²) >= 11 is 6.09. The molecule has 33 heavy (non-hydrogen) atoms. The highest BCUT2D eigenvalue weighted by Gasteiger charge is 2.24. The van der Waals surface area contributed by atoms with Crippen molar-refractivity contribution in [3.63, 3.8) is 0 Å². The Morgan fingerprint density at radius 3 is 2.64 bits per heavy atom. The minimum atomic E-state index is 0.0673. The molecule has 1 atom stereocenters. The number of halogens is 1. The average Bonchev–Trinajstić information content (AvgIpc) is 3.22. The molecule has 0 bridgehead atoms. The van der Waals surface area contributed by atoms with E-state index in [9.17, 15) is 5.26 Å². The molecule has 1 aliphatic rings. The van der Waals surface area contributed by atoms with E-state index in [1.807, 2.05) is 50.2 Å². The van der Waals surface area contributed by atoms with Crippen LogP contribution in [0.3, 0.4) is 0 Å². The Hall–Kier alpha value is -3.05. The van der Waals surface area contributed by atoms with Crippen molar-refractivity contribution in [1.82, 2.24) is 9.88 Å². The van der Waals surface area contributed by atoms with Crippen LogP contribution in [0.2, 0.25) is 5.02 Å². The fourth-order valence-corrected chi connectivity index (χ4v) is 4.07. The molecule has 8 heteroatoms. The fourth-order valence-electron chi connectivity index (χ4n) is 3.94. The van der Waals surface area contributed by atoms with Gasteiger partial charge in [0.1, 0.15) is 11.8 Å². The Labute approximate surface area is 198 Å². The number of morpholine rings is 1. The van der Waals surface area contributed by atoms with E-state index in [2.05, 4.69) is 27.3 Å². The maximum atomic E-state index is 9.56. The lowest BCUT2D eigenvalue weighted by Crippen LogP contribution is -2.41. The van der Waals surface area contributed by atoms with Gasteiger partial charge in [-0.25, -0.2) is 0 Å². The lowest BCUT2D eigenvalue weighted by atomic mass is 10.0. The third kappa shape index (κ3) is 5.85. The molecular formula is C25H27ClN4O3. The van der Waals surface area contributed by atoms with Gasteiger partial charge in [-0.3, -0.25) is 4.90 Å². The van der Waals surface area contributed by atoms with Crippen molar-refractivity contribution in [2.75, 3.05) is 38.2 Å². The second-order valence-electron chi connectivity index (χ2n) is 8.05. The van der Waals surface area contributed by atoms with E-state index in [-0.39, 0.29) is 18.3 Å². The van der Waals surface area contributed by atoms with Gasteiger partial charge < -0.3 is 19.2 Å². The van der Waals surface area contributed by atoms with Gasteiger partial charge in [0, 0.05) is 24.7 Å². The lowest BCUT2D eigenvalue weighted by molar-refractivity contribution is 0.0186. The van der Waals surface area contributed by atoms with Gasteiger partial charge in [-0.05, 0) is 43.2 Å². The van der Waals surface area contributed by atoms with E-state index in [0.717, 1.165) is 30.0 Å². The third-order valence-corrected chi connectivity index (χ3v) is 5.91. The fraction of sp³-hybridized carbons (Fsp3) is 0.360. The van der Waals surface area contributed by atoms with Gasteiger partial charge in [0.05, 0.1) is 19.3 Å². The molecule has 1 aromatic heterocycles. The standard InChI is InChI=1S/C25H27ClN4O3/c1-17-3-8-23(18(2)13-17)32-16-24-29-21(14-27)25(33-24)28-15-22(30-9-11-31-12-10-30)19-4-6-20(26)7-5-19/h3-8,13,22,28H,9-12,15-16H2,1-2H3/t22-/m1/s1. The number of rotatable bonds is 8. The second-order valence-corrected chi connectivity index (χ2v) is 8.49. The van der Waals surface area contributed by atoms with E-state index >= 15 is 0 Å². The first kappa shape index (κ1) is 23.1. The van der Waals surface area contributed by atoms with Crippen LogP contribution in [-0.4, -0.2) is 42.7 Å². The van der Waals surface area contributed by atoms with Gasteiger partial charge in [0.25, 0.3) is 0 Å². The van der Waals surface area contributed by atoms with Crippen molar-refractivity contribution in [3.05, 3.63) is 75.8 Å². The van der Waals surface area contributed by atoms with Gasteiger partial charge in [-0.2, -0.15) is 10.2 Å². The van der Waals surface area contributed by atoms with E-state index in [1.165, 1.54) is 5.56 Å². The highest BCUT2D eigenvalue weighted by atomic mass is 35.5. The Morgan fingerprint density at radius 1 is 1.18 bits per heavy atom. The van der Waals surface area contributed by atoms with Crippen LogP contribution >= 0.6 is 11.6 Å². The summed E-state index contributed by atoms with van der Waals surface area (Å²) in [6.07, 6.45) is 0. The first-order chi connectivity index (χ1) is 16.0. The summed E-state index contributed by atoms with van der Waals surface area (Å²) < 4.78 is 17.2. The molecule has 2 heterocycles. The molecule has 0 saturated carbocycles. The number of nitrogens with zero attached hydrogens (tertiary/aromatic N) is 3. The van der Waals surface area contributed by atoms with Gasteiger partial charge in [-0.15, -0.1) is 0 Å². The number of aryl methyl sites for hydroxylation is 2. The normalized spacial score (nSPS) is 15.1. The largest absolute Gasteiger partial charge is 0.484 e. The third-order valence-electron chi connectivity index (χ3n) is 5.66. The molecule has 0 aliphatic carbocycles. The van der Waals surface area contributed by atoms with Crippen molar-refractivity contribution >= 4 is 17.5 Å². The van der Waals surface area contributed by atoms with E-state index in [4.69, 9.17) is 25.5 Å². The molecule has 0 spiro atoms. The zero-order valence-electron chi connectivity index (χ0n) is 18.8. The van der Waals surface area contributed by atoms with Crippen molar-refractivity contribution in [2.24, 2.45) is 0 Å². The molecule has 3 aromatic rings. The molecular weight excluding hydrogens is 440 g/mol. The van der Waals surface area contributed by atoms with E-state index < -0.39 is 0 Å². The molecule has 0 radical (unpaired) electrons. The van der Waals surface area contributed by atoms with Crippen LogP contribution in [-0.2, 0) is 11.3 Å². The molecule has 1 aliphatic heterocycles. The molecule has 1 N–H and O–H groups in total. The van der Waals surface area contributed by atoms with Crippen molar-refractivity contribution in [1.29, 1.82) is 5.26 Å². The summed E-state index contributed by atoms with van der Waals surface area (Å²) in [5.41, 5.74) is 3.55. The Kier molecular flexibility index (Phi) is 7.50. The summed E-state index contributed by atoms with van der Waals surface area (Å²) in [6, 6.07) is 16.0. The Balaban J connectivity index is 1.46. The van der Waals surface area contributed by atoms with Crippen LogP contribution in [0.15, 0.2) is 46.9 Å². The number of anilines is 1. The summed E-state index contributed by atoms with van der Waals surface area (Å²) in [4.78, 5) is 6.65. The first-order valence-electron chi connectivity index (χ1n) is 10.9. The van der Waals surface area contributed by atoms with E-state index in [0.29, 0.717) is 36.6 Å². The summed E-state index contributed by atoms with van der Waals surface area (Å²) in [7, 11) is 0. The summed E-state index contributed by atoms with van der Waals surface area (Å²) in [5.74, 6) is 1.47. The molecule has 4 rings (SSSR count). The number of hydrogen-bond donors (Lipinski definition) is 1. The van der Waals surface area contributed by atoms with Crippen LogP contribution in [0.4, 0.5) is 5.88 Å². The molecule has 172 valence electrons. The second kappa shape index (κ2) is 10.7. The number of ether oxygens (including phenoxy) is 2. The highest BCUT2D eigenvalue weighted by molar-refractivity contribution is 6.30. The zero-order chi connectivity index (χ0) is 23.2. The number of aromatic nitrogens is 1. The number of nitriles is 1. The molecule has 2 aromatic carbocycles. The lowest BCUT2D eigenvalue weighted by Gasteiger charge is -2.34. The van der Waals surface area contributed by atoms with Crippen LogP contribution in [0.1, 0.15) is 34.3 Å². The average molecular weight is 467 g/mol. The number of hydrogen-bond acceptors (Lipinski definition) is 7. The minimum Gasteiger partial charge on any atom is -0.484 e. The molecule has 1 fully saturated rings. The summed E-state index contributed by atoms with van der Waals surface area (Å²) in [5, 5.41) is 13.5. The molecule has 7 nitrogen and oxygen atoms in total. The minimum absolute atomic E-state index is 0.0673. The zero-order valence-corrected chi connectivity index (χ0v) is 19.6. The van der Waals surface area contributed by atoms with Crippen molar-refractivity contribution < 1.29 is 13.9 Å². The quantitative estimate of drug-likeness (QED) is 0.506. The van der Waals surface area contributed by atoms with Crippen LogP contribution < -0.4 is 10.1 Å². The van der Waals surface area contributed by atoms with Crippen LogP contribution in [0.5, 0.6) is 5.75 Å². The molecule has 0 amide bonds. The maximum Gasteiger partial charge on any atom is 0.236 e. The summed E-state index contributed by atoms with van der Waals surface area (Å²) in [6.45, 7) is 7.75. The SMILES string of the molecule is Cc1ccc(OCc2nc(C#N)c(NC[C@H](c3ccc(Cl)cc3)N3CCOCC3)o2)c(C)c1. The molecule has 0 unspecified atom stereocenters. The van der Waals surface area contributed by atoms with Gasteiger partial charge >= 0.3 is 0 Å². The maximum absolute atomic E-state index is 9.56. The number of oxazole rings is 1. The predicted octanol–water partition coefficient (Wildman–Crippen LogP) is 4.88. The Bertz CT molecular complexity index is 1120. The topological polar surface area (TPSA) is 83.5 Å². The first-order valence-corrected chi connectivity index (χ1v) is 11.3. The monoisotopic (exact) mass is 466 g/mol.